The third-order valence-corrected chi connectivity index (χ3v) is 3.64. The summed E-state index contributed by atoms with van der Waals surface area (Å²) in [5.41, 5.74) is 1.15. The number of carbonyl (C=O) groups is 1. The summed E-state index contributed by atoms with van der Waals surface area (Å²) in [6.07, 6.45) is 2.33. The number of thiocarbonyl (C=S) groups is 1. The third kappa shape index (κ3) is 2.58. The van der Waals surface area contributed by atoms with Crippen molar-refractivity contribution in [1.82, 2.24) is 10.6 Å². The van der Waals surface area contributed by atoms with Crippen molar-refractivity contribution in [3.63, 3.8) is 0 Å². The lowest BCUT2D eigenvalue weighted by molar-refractivity contribution is -0.120. The lowest BCUT2D eigenvalue weighted by atomic mass is 9.90. The molecule has 1 amide bonds. The number of benzene rings is 1. The summed E-state index contributed by atoms with van der Waals surface area (Å²) in [5, 5.41) is 6.04. The van der Waals surface area contributed by atoms with Crippen molar-refractivity contribution in [1.29, 1.82) is 0 Å². The third-order valence-electron chi connectivity index (χ3n) is 3.42. The highest BCUT2D eigenvalue weighted by atomic mass is 32.1. The van der Waals surface area contributed by atoms with Crippen LogP contribution < -0.4 is 10.6 Å². The highest BCUT2D eigenvalue weighted by Crippen LogP contribution is 2.26. The number of amides is 1. The second-order valence-corrected chi connectivity index (χ2v) is 5.16. The van der Waals surface area contributed by atoms with Gasteiger partial charge in [0.1, 0.15) is 11.8 Å². The van der Waals surface area contributed by atoms with Gasteiger partial charge in [-0.2, -0.15) is 0 Å². The predicted octanol–water partition coefficient (Wildman–Crippen LogP) is 1.98. The Morgan fingerprint density at radius 1 is 1.20 bits per heavy atom. The Hall–Kier alpha value is -2.14. The smallest absolute Gasteiger partial charge is 0.249 e. The summed E-state index contributed by atoms with van der Waals surface area (Å²) >= 11 is 5.01. The minimum absolute atomic E-state index is 0.0900. The molecule has 2 N–H and O–H groups in total. The van der Waals surface area contributed by atoms with Crippen LogP contribution in [0.2, 0.25) is 0 Å². The van der Waals surface area contributed by atoms with E-state index in [2.05, 4.69) is 10.6 Å². The number of nitrogens with one attached hydrogen (secondary N) is 2. The molecular formula is C15H14N2O2S. The highest BCUT2D eigenvalue weighted by molar-refractivity contribution is 7.80. The quantitative estimate of drug-likeness (QED) is 0.844. The predicted molar refractivity (Wildman–Crippen MR) is 79.3 cm³/mol. The summed E-state index contributed by atoms with van der Waals surface area (Å²) in [7, 11) is 0. The molecule has 1 aromatic carbocycles. The molecule has 4 nitrogen and oxygen atoms in total. The van der Waals surface area contributed by atoms with Crippen LogP contribution in [0.15, 0.2) is 53.1 Å². The first kappa shape index (κ1) is 12.9. The Morgan fingerprint density at radius 2 is 2.00 bits per heavy atom. The summed E-state index contributed by atoms with van der Waals surface area (Å²) in [4.78, 5) is 12.0. The van der Waals surface area contributed by atoms with E-state index >= 15 is 0 Å². The fourth-order valence-electron chi connectivity index (χ4n) is 2.47. The first-order valence-electron chi connectivity index (χ1n) is 6.43. The molecule has 1 fully saturated rings. The molecule has 2 aromatic rings. The Labute approximate surface area is 122 Å². The van der Waals surface area contributed by atoms with Gasteiger partial charge in [-0.05, 0) is 36.3 Å². The number of rotatable bonds is 4. The molecule has 1 aromatic heterocycles. The zero-order chi connectivity index (χ0) is 13.9. The molecule has 20 heavy (non-hydrogen) atoms. The molecule has 0 bridgehead atoms. The van der Waals surface area contributed by atoms with Crippen molar-refractivity contribution in [2.75, 3.05) is 0 Å². The standard InChI is InChI=1S/C15H14N2O2S/c18-14-13(16-15(20)17-14)11(12-7-4-8-19-12)9-10-5-2-1-3-6-10/h1-8,11,13H,9H2,(H2,16,17,18,20). The van der Waals surface area contributed by atoms with Gasteiger partial charge in [0, 0.05) is 0 Å². The van der Waals surface area contributed by atoms with Gasteiger partial charge in [0.25, 0.3) is 0 Å². The maximum absolute atomic E-state index is 12.0. The van der Waals surface area contributed by atoms with Gasteiger partial charge in [-0.15, -0.1) is 0 Å². The first-order valence-corrected chi connectivity index (χ1v) is 6.83. The Balaban J connectivity index is 1.89. The fraction of sp³-hybridized carbons (Fsp3) is 0.200. The van der Waals surface area contributed by atoms with E-state index in [0.717, 1.165) is 11.3 Å². The number of hydrogen-bond donors (Lipinski definition) is 2. The molecule has 0 spiro atoms. The fourth-order valence-corrected chi connectivity index (χ4v) is 2.70. The van der Waals surface area contributed by atoms with Gasteiger partial charge >= 0.3 is 0 Å². The van der Waals surface area contributed by atoms with Gasteiger partial charge in [0.05, 0.1) is 12.2 Å². The summed E-state index contributed by atoms with van der Waals surface area (Å²) < 4.78 is 5.50. The van der Waals surface area contributed by atoms with Crippen molar-refractivity contribution < 1.29 is 9.21 Å². The topological polar surface area (TPSA) is 54.3 Å². The molecule has 1 aliphatic rings. The lowest BCUT2D eigenvalue weighted by Gasteiger charge is -2.19. The highest BCUT2D eigenvalue weighted by Gasteiger charge is 2.36. The Morgan fingerprint density at radius 3 is 2.60 bits per heavy atom. The van der Waals surface area contributed by atoms with Gasteiger partial charge in [-0.3, -0.25) is 4.79 Å². The lowest BCUT2D eigenvalue weighted by Crippen LogP contribution is -2.36. The van der Waals surface area contributed by atoms with Crippen LogP contribution in [0.1, 0.15) is 17.2 Å². The second-order valence-electron chi connectivity index (χ2n) is 4.75. The van der Waals surface area contributed by atoms with E-state index in [0.29, 0.717) is 11.5 Å². The molecule has 2 unspecified atom stereocenters. The minimum atomic E-state index is -0.395. The monoisotopic (exact) mass is 286 g/mol. The zero-order valence-corrected chi connectivity index (χ0v) is 11.5. The van der Waals surface area contributed by atoms with Crippen LogP contribution in [0.25, 0.3) is 0 Å². The number of hydrogen-bond acceptors (Lipinski definition) is 3. The van der Waals surface area contributed by atoms with Crippen molar-refractivity contribution in [2.45, 2.75) is 18.4 Å². The molecule has 102 valence electrons. The van der Waals surface area contributed by atoms with Crippen LogP contribution in [-0.2, 0) is 11.2 Å². The van der Waals surface area contributed by atoms with E-state index < -0.39 is 6.04 Å². The summed E-state index contributed by atoms with van der Waals surface area (Å²) in [6.45, 7) is 0. The maximum atomic E-state index is 12.0. The first-order chi connectivity index (χ1) is 9.74. The van der Waals surface area contributed by atoms with E-state index in [1.807, 2.05) is 42.5 Å². The van der Waals surface area contributed by atoms with E-state index in [1.165, 1.54) is 0 Å². The number of furan rings is 1. The number of carbonyl (C=O) groups excluding carboxylic acids is 1. The van der Waals surface area contributed by atoms with E-state index in [-0.39, 0.29) is 11.8 Å². The minimum Gasteiger partial charge on any atom is -0.469 e. The van der Waals surface area contributed by atoms with Crippen molar-refractivity contribution in [3.05, 3.63) is 60.1 Å². The average molecular weight is 286 g/mol. The van der Waals surface area contributed by atoms with Crippen LogP contribution >= 0.6 is 12.2 Å². The largest absolute Gasteiger partial charge is 0.469 e. The average Bonchev–Trinajstić information content (AvgIpc) is 3.07. The van der Waals surface area contributed by atoms with Crippen LogP contribution in [0.4, 0.5) is 0 Å². The van der Waals surface area contributed by atoms with Gasteiger partial charge in [0.15, 0.2) is 5.11 Å². The second kappa shape index (κ2) is 5.46. The molecule has 5 heteroatoms. The zero-order valence-electron chi connectivity index (χ0n) is 10.7. The Bertz CT molecular complexity index is 610. The normalized spacial score (nSPS) is 19.5. The van der Waals surface area contributed by atoms with Crippen molar-refractivity contribution in [3.8, 4) is 0 Å². The molecule has 0 saturated carbocycles. The summed E-state index contributed by atoms with van der Waals surface area (Å²) in [6, 6.07) is 13.4. The van der Waals surface area contributed by atoms with E-state index in [4.69, 9.17) is 16.6 Å². The Kier molecular flexibility index (Phi) is 3.52. The van der Waals surface area contributed by atoms with Gasteiger partial charge in [-0.1, -0.05) is 30.3 Å². The summed E-state index contributed by atoms with van der Waals surface area (Å²) in [5.74, 6) is 0.589. The van der Waals surface area contributed by atoms with Crippen molar-refractivity contribution >= 4 is 23.2 Å². The molecule has 3 rings (SSSR count). The molecule has 0 radical (unpaired) electrons. The van der Waals surface area contributed by atoms with Crippen LogP contribution in [0, 0.1) is 0 Å². The maximum Gasteiger partial charge on any atom is 0.249 e. The molecular weight excluding hydrogens is 272 g/mol. The van der Waals surface area contributed by atoms with E-state index in [1.54, 1.807) is 6.26 Å². The van der Waals surface area contributed by atoms with Crippen LogP contribution in [-0.4, -0.2) is 17.1 Å². The molecule has 1 aliphatic heterocycles. The molecule has 0 aliphatic carbocycles. The molecule has 2 heterocycles. The molecule has 1 saturated heterocycles. The van der Waals surface area contributed by atoms with E-state index in [9.17, 15) is 4.79 Å². The van der Waals surface area contributed by atoms with Crippen LogP contribution in [0.5, 0.6) is 0 Å². The SMILES string of the molecule is O=C1NC(=S)NC1C(Cc1ccccc1)c1ccco1. The molecule has 2 atom stereocenters. The van der Waals surface area contributed by atoms with Gasteiger partial charge in [0.2, 0.25) is 5.91 Å². The van der Waals surface area contributed by atoms with Gasteiger partial charge in [-0.25, -0.2) is 0 Å². The van der Waals surface area contributed by atoms with Crippen LogP contribution in [0.3, 0.4) is 0 Å². The van der Waals surface area contributed by atoms with Crippen molar-refractivity contribution in [2.24, 2.45) is 0 Å². The van der Waals surface area contributed by atoms with Gasteiger partial charge < -0.3 is 15.1 Å².